The molecule has 0 aromatic carbocycles. The van der Waals surface area contributed by atoms with Crippen molar-refractivity contribution in [2.24, 2.45) is 10.9 Å². The Bertz CT molecular complexity index is 454. The number of nitrogens with one attached hydrogen (secondary N) is 2. The molecular formula is C17H28N4O. The van der Waals surface area contributed by atoms with E-state index >= 15 is 0 Å². The van der Waals surface area contributed by atoms with E-state index in [1.54, 1.807) is 7.05 Å². The lowest BCUT2D eigenvalue weighted by Gasteiger charge is -2.12. The van der Waals surface area contributed by atoms with Crippen LogP contribution in [0.15, 0.2) is 23.3 Å². The summed E-state index contributed by atoms with van der Waals surface area (Å²) in [5.74, 6) is 2.31. The third kappa shape index (κ3) is 6.33. The molecule has 1 aromatic rings. The number of hydrogen-bond donors (Lipinski definition) is 2. The molecular weight excluding hydrogens is 276 g/mol. The lowest BCUT2D eigenvalue weighted by Crippen LogP contribution is -2.37. The summed E-state index contributed by atoms with van der Waals surface area (Å²) in [5, 5.41) is 6.62. The van der Waals surface area contributed by atoms with Gasteiger partial charge in [-0.1, -0.05) is 25.8 Å². The Morgan fingerprint density at radius 1 is 1.32 bits per heavy atom. The molecule has 1 fully saturated rings. The predicted octanol–water partition coefficient (Wildman–Crippen LogP) is 2.73. The topological polar surface area (TPSA) is 58.5 Å². The van der Waals surface area contributed by atoms with Crippen LogP contribution in [0.4, 0.5) is 0 Å². The van der Waals surface area contributed by atoms with Gasteiger partial charge < -0.3 is 15.4 Å². The Morgan fingerprint density at radius 3 is 2.82 bits per heavy atom. The van der Waals surface area contributed by atoms with Crippen LogP contribution in [0.3, 0.4) is 0 Å². The number of guanidine groups is 1. The summed E-state index contributed by atoms with van der Waals surface area (Å²) < 4.78 is 5.64. The Kier molecular flexibility index (Phi) is 7.00. The molecule has 0 bridgehead atoms. The van der Waals surface area contributed by atoms with Crippen molar-refractivity contribution >= 4 is 5.96 Å². The van der Waals surface area contributed by atoms with Crippen LogP contribution in [-0.2, 0) is 6.54 Å². The molecule has 2 N–H and O–H groups in total. The second kappa shape index (κ2) is 9.28. The highest BCUT2D eigenvalue weighted by Gasteiger charge is 2.21. The van der Waals surface area contributed by atoms with Crippen LogP contribution in [0.2, 0.25) is 0 Å². The molecule has 22 heavy (non-hydrogen) atoms. The molecule has 0 saturated heterocycles. The summed E-state index contributed by atoms with van der Waals surface area (Å²) in [7, 11) is 1.79. The number of rotatable bonds is 9. The van der Waals surface area contributed by atoms with Crippen LogP contribution in [0.1, 0.15) is 44.6 Å². The molecule has 5 heteroatoms. The molecule has 0 amide bonds. The SMILES string of the molecule is CCCCCNC(=NC)NCc1ccc(OCC2CC2)nc1. The van der Waals surface area contributed by atoms with Crippen LogP contribution in [0.5, 0.6) is 5.88 Å². The van der Waals surface area contributed by atoms with E-state index in [2.05, 4.69) is 27.5 Å². The van der Waals surface area contributed by atoms with Crippen molar-refractivity contribution in [3.8, 4) is 5.88 Å². The van der Waals surface area contributed by atoms with Crippen LogP contribution in [0, 0.1) is 5.92 Å². The van der Waals surface area contributed by atoms with Crippen molar-refractivity contribution in [2.45, 2.75) is 45.6 Å². The van der Waals surface area contributed by atoms with Crippen LogP contribution < -0.4 is 15.4 Å². The maximum absolute atomic E-state index is 5.64. The van der Waals surface area contributed by atoms with Crippen molar-refractivity contribution in [1.29, 1.82) is 0 Å². The lowest BCUT2D eigenvalue weighted by atomic mass is 10.2. The first kappa shape index (κ1) is 16.6. The first-order valence-electron chi connectivity index (χ1n) is 8.34. The zero-order valence-corrected chi connectivity index (χ0v) is 13.8. The highest BCUT2D eigenvalue weighted by molar-refractivity contribution is 5.79. The molecule has 0 unspecified atom stereocenters. The smallest absolute Gasteiger partial charge is 0.213 e. The van der Waals surface area contributed by atoms with Gasteiger partial charge >= 0.3 is 0 Å². The van der Waals surface area contributed by atoms with Crippen LogP contribution in [-0.4, -0.2) is 31.1 Å². The summed E-state index contributed by atoms with van der Waals surface area (Å²) in [5.41, 5.74) is 1.12. The van der Waals surface area contributed by atoms with E-state index in [0.29, 0.717) is 6.54 Å². The third-order valence-corrected chi connectivity index (χ3v) is 3.72. The lowest BCUT2D eigenvalue weighted by molar-refractivity contribution is 0.288. The molecule has 0 aliphatic heterocycles. The Labute approximate surface area is 133 Å². The van der Waals surface area contributed by atoms with Crippen molar-refractivity contribution in [3.63, 3.8) is 0 Å². The second-order valence-corrected chi connectivity index (χ2v) is 5.82. The number of unbranched alkanes of at least 4 members (excludes halogenated alkanes) is 2. The van der Waals surface area contributed by atoms with E-state index in [1.807, 2.05) is 18.3 Å². The van der Waals surface area contributed by atoms with Crippen LogP contribution >= 0.6 is 0 Å². The van der Waals surface area contributed by atoms with E-state index in [1.165, 1.54) is 32.1 Å². The minimum Gasteiger partial charge on any atom is -0.477 e. The minimum absolute atomic E-state index is 0.712. The molecule has 1 aliphatic rings. The molecule has 1 aliphatic carbocycles. The summed E-state index contributed by atoms with van der Waals surface area (Å²) in [6.07, 6.45) is 8.11. The van der Waals surface area contributed by atoms with Gasteiger partial charge in [0.2, 0.25) is 5.88 Å². The molecule has 122 valence electrons. The maximum Gasteiger partial charge on any atom is 0.213 e. The monoisotopic (exact) mass is 304 g/mol. The average molecular weight is 304 g/mol. The molecule has 2 rings (SSSR count). The first-order chi connectivity index (χ1) is 10.8. The van der Waals surface area contributed by atoms with E-state index in [9.17, 15) is 0 Å². The third-order valence-electron chi connectivity index (χ3n) is 3.72. The van der Waals surface area contributed by atoms with Gasteiger partial charge in [0.15, 0.2) is 5.96 Å². The number of hydrogen-bond acceptors (Lipinski definition) is 3. The normalized spacial score (nSPS) is 14.7. The van der Waals surface area contributed by atoms with Gasteiger partial charge in [0.05, 0.1) is 6.61 Å². The predicted molar refractivity (Wildman–Crippen MR) is 90.2 cm³/mol. The molecule has 0 spiro atoms. The van der Waals surface area contributed by atoms with Gasteiger partial charge in [-0.05, 0) is 30.7 Å². The summed E-state index contributed by atoms with van der Waals surface area (Å²) in [6, 6.07) is 3.99. The summed E-state index contributed by atoms with van der Waals surface area (Å²) in [4.78, 5) is 8.57. The Balaban J connectivity index is 1.67. The fourth-order valence-corrected chi connectivity index (χ4v) is 2.08. The van der Waals surface area contributed by atoms with E-state index < -0.39 is 0 Å². The number of nitrogens with zero attached hydrogens (tertiary/aromatic N) is 2. The number of aromatic nitrogens is 1. The molecule has 0 atom stereocenters. The molecule has 1 heterocycles. The standard InChI is InChI=1S/C17H28N4O/c1-3-4-5-10-19-17(18-2)21-12-15-8-9-16(20-11-15)22-13-14-6-7-14/h8-9,11,14H,3-7,10,12-13H2,1-2H3,(H2,18,19,21). The second-order valence-electron chi connectivity index (χ2n) is 5.82. The van der Waals surface area contributed by atoms with Crippen molar-refractivity contribution in [2.75, 3.05) is 20.2 Å². The quantitative estimate of drug-likeness (QED) is 0.418. The van der Waals surface area contributed by atoms with E-state index in [0.717, 1.165) is 36.5 Å². The molecule has 5 nitrogen and oxygen atoms in total. The number of aliphatic imine (C=N–C) groups is 1. The molecule has 1 saturated carbocycles. The van der Waals surface area contributed by atoms with Gasteiger partial charge in [0, 0.05) is 32.4 Å². The summed E-state index contributed by atoms with van der Waals surface area (Å²) in [6.45, 7) is 4.68. The van der Waals surface area contributed by atoms with Gasteiger partial charge in [-0.2, -0.15) is 0 Å². The Morgan fingerprint density at radius 2 is 2.18 bits per heavy atom. The molecule has 0 radical (unpaired) electrons. The van der Waals surface area contributed by atoms with Crippen molar-refractivity contribution in [1.82, 2.24) is 15.6 Å². The van der Waals surface area contributed by atoms with Crippen molar-refractivity contribution < 1.29 is 4.74 Å². The van der Waals surface area contributed by atoms with Crippen molar-refractivity contribution in [3.05, 3.63) is 23.9 Å². The van der Waals surface area contributed by atoms with Gasteiger partial charge in [-0.3, -0.25) is 4.99 Å². The van der Waals surface area contributed by atoms with Gasteiger partial charge in [-0.15, -0.1) is 0 Å². The zero-order chi connectivity index (χ0) is 15.6. The number of pyridine rings is 1. The Hall–Kier alpha value is -1.78. The van der Waals surface area contributed by atoms with E-state index in [-0.39, 0.29) is 0 Å². The fraction of sp³-hybridized carbons (Fsp3) is 0.647. The summed E-state index contributed by atoms with van der Waals surface area (Å²) >= 11 is 0. The average Bonchev–Trinajstić information content (AvgIpc) is 3.38. The van der Waals surface area contributed by atoms with Gasteiger partial charge in [0.1, 0.15) is 0 Å². The largest absolute Gasteiger partial charge is 0.477 e. The zero-order valence-electron chi connectivity index (χ0n) is 13.8. The first-order valence-corrected chi connectivity index (χ1v) is 8.34. The van der Waals surface area contributed by atoms with Crippen LogP contribution in [0.25, 0.3) is 0 Å². The fourth-order valence-electron chi connectivity index (χ4n) is 2.08. The maximum atomic E-state index is 5.64. The molecule has 1 aromatic heterocycles. The minimum atomic E-state index is 0.712. The highest BCUT2D eigenvalue weighted by Crippen LogP contribution is 2.29. The number of ether oxygens (including phenoxy) is 1. The van der Waals surface area contributed by atoms with E-state index in [4.69, 9.17) is 4.74 Å². The van der Waals surface area contributed by atoms with Gasteiger partial charge in [0.25, 0.3) is 0 Å². The van der Waals surface area contributed by atoms with Gasteiger partial charge in [-0.25, -0.2) is 4.98 Å². The highest BCUT2D eigenvalue weighted by atomic mass is 16.5.